The number of aromatic nitrogens is 2. The average Bonchev–Trinajstić information content (AvgIpc) is 3.55. The van der Waals surface area contributed by atoms with Gasteiger partial charge in [-0.2, -0.15) is 5.10 Å². The second-order valence-corrected chi connectivity index (χ2v) is 8.63. The van der Waals surface area contributed by atoms with E-state index in [1.807, 2.05) is 55.5 Å². The number of halogens is 1. The predicted octanol–water partition coefficient (Wildman–Crippen LogP) is 6.53. The molecule has 0 bridgehead atoms. The monoisotopic (exact) mass is 479 g/mol. The average molecular weight is 480 g/mol. The van der Waals surface area contributed by atoms with Gasteiger partial charge in [-0.1, -0.05) is 60.7 Å². The molecule has 180 valence electrons. The van der Waals surface area contributed by atoms with Crippen molar-refractivity contribution < 1.29 is 13.6 Å². The Kier molecular flexibility index (Phi) is 6.76. The van der Waals surface area contributed by atoms with Crippen LogP contribution in [0.4, 0.5) is 4.39 Å². The van der Waals surface area contributed by atoms with Gasteiger partial charge in [-0.05, 0) is 60.9 Å². The highest BCUT2D eigenvalue weighted by molar-refractivity contribution is 5.94. The topological polar surface area (TPSA) is 60.1 Å². The van der Waals surface area contributed by atoms with Crippen molar-refractivity contribution in [1.82, 2.24) is 15.1 Å². The van der Waals surface area contributed by atoms with Crippen molar-refractivity contribution in [2.45, 2.75) is 19.3 Å². The van der Waals surface area contributed by atoms with Gasteiger partial charge in [-0.3, -0.25) is 4.79 Å². The Morgan fingerprint density at radius 3 is 2.14 bits per heavy atom. The zero-order valence-electron chi connectivity index (χ0n) is 19.9. The normalized spacial score (nSPS) is 11.1. The van der Waals surface area contributed by atoms with Gasteiger partial charge in [-0.15, -0.1) is 0 Å². The molecular weight excluding hydrogens is 453 g/mol. The summed E-state index contributed by atoms with van der Waals surface area (Å²) < 4.78 is 20.8. The quantitative estimate of drug-likeness (QED) is 0.275. The molecule has 2 aromatic heterocycles. The third kappa shape index (κ3) is 5.13. The third-order valence-corrected chi connectivity index (χ3v) is 6.13. The van der Waals surface area contributed by atoms with Crippen LogP contribution < -0.4 is 5.32 Å². The number of carbonyl (C=O) groups is 1. The van der Waals surface area contributed by atoms with Crippen LogP contribution in [0.2, 0.25) is 0 Å². The molecule has 0 aliphatic rings. The highest BCUT2D eigenvalue weighted by atomic mass is 19.1. The molecule has 36 heavy (non-hydrogen) atoms. The van der Waals surface area contributed by atoms with Gasteiger partial charge in [0.05, 0.1) is 5.69 Å². The lowest BCUT2D eigenvalue weighted by atomic mass is 9.88. The van der Waals surface area contributed by atoms with Crippen LogP contribution in [0.3, 0.4) is 0 Å². The van der Waals surface area contributed by atoms with Crippen molar-refractivity contribution in [3.63, 3.8) is 0 Å². The van der Waals surface area contributed by atoms with Crippen LogP contribution in [-0.2, 0) is 0 Å². The Hall–Kier alpha value is -4.45. The number of nitrogens with zero attached hydrogens (tertiary/aromatic N) is 2. The molecule has 0 radical (unpaired) electrons. The molecule has 0 spiro atoms. The van der Waals surface area contributed by atoms with Crippen molar-refractivity contribution in [3.05, 3.63) is 132 Å². The Morgan fingerprint density at radius 2 is 1.56 bits per heavy atom. The zero-order chi connectivity index (χ0) is 24.9. The third-order valence-electron chi connectivity index (χ3n) is 6.13. The van der Waals surface area contributed by atoms with E-state index in [9.17, 15) is 9.18 Å². The van der Waals surface area contributed by atoms with Crippen LogP contribution in [0.25, 0.3) is 17.1 Å². The van der Waals surface area contributed by atoms with Crippen molar-refractivity contribution in [1.29, 1.82) is 0 Å². The first-order valence-corrected chi connectivity index (χ1v) is 11.9. The van der Waals surface area contributed by atoms with E-state index in [2.05, 4.69) is 34.7 Å². The molecule has 1 N–H and O–H groups in total. The van der Waals surface area contributed by atoms with Crippen molar-refractivity contribution in [2.75, 3.05) is 6.54 Å². The molecule has 0 saturated carbocycles. The molecule has 0 aliphatic heterocycles. The van der Waals surface area contributed by atoms with E-state index in [4.69, 9.17) is 4.42 Å². The number of nitrogens with one attached hydrogen (secondary N) is 1. The highest BCUT2D eigenvalue weighted by Crippen LogP contribution is 2.28. The molecule has 0 unspecified atom stereocenters. The summed E-state index contributed by atoms with van der Waals surface area (Å²) >= 11 is 0. The number of hydrogen-bond acceptors (Lipinski definition) is 3. The van der Waals surface area contributed by atoms with E-state index in [-0.39, 0.29) is 17.6 Å². The van der Waals surface area contributed by atoms with Gasteiger partial charge in [0.15, 0.2) is 5.76 Å². The number of aryl methyl sites for hydroxylation is 1. The van der Waals surface area contributed by atoms with Gasteiger partial charge in [0.1, 0.15) is 23.0 Å². The molecule has 6 heteroatoms. The summed E-state index contributed by atoms with van der Waals surface area (Å²) in [6, 6.07) is 31.8. The first kappa shape index (κ1) is 23.3. The fourth-order valence-corrected chi connectivity index (χ4v) is 4.33. The lowest BCUT2D eigenvalue weighted by molar-refractivity contribution is 0.0945. The minimum atomic E-state index is -0.355. The molecule has 0 aliphatic carbocycles. The Labute approximate surface area is 209 Å². The summed E-state index contributed by atoms with van der Waals surface area (Å²) in [6.45, 7) is 2.32. The fourth-order valence-electron chi connectivity index (χ4n) is 4.33. The largest absolute Gasteiger partial charge is 0.460 e. The molecule has 0 saturated heterocycles. The fraction of sp³-hybridized carbons (Fsp3) is 0.133. The van der Waals surface area contributed by atoms with Gasteiger partial charge in [-0.25, -0.2) is 9.07 Å². The summed E-state index contributed by atoms with van der Waals surface area (Å²) in [5.41, 5.74) is 3.86. The van der Waals surface area contributed by atoms with Crippen molar-refractivity contribution in [2.24, 2.45) is 0 Å². The maximum absolute atomic E-state index is 13.5. The maximum atomic E-state index is 13.5. The Morgan fingerprint density at radius 1 is 0.917 bits per heavy atom. The molecule has 3 aromatic carbocycles. The lowest BCUT2D eigenvalue weighted by Gasteiger charge is -2.18. The number of hydrogen-bond donors (Lipinski definition) is 1. The van der Waals surface area contributed by atoms with Crippen LogP contribution in [0.15, 0.2) is 108 Å². The maximum Gasteiger partial charge on any atom is 0.270 e. The lowest BCUT2D eigenvalue weighted by Crippen LogP contribution is -2.28. The molecule has 1 amide bonds. The van der Waals surface area contributed by atoms with E-state index < -0.39 is 0 Å². The van der Waals surface area contributed by atoms with E-state index in [1.54, 1.807) is 18.2 Å². The summed E-state index contributed by atoms with van der Waals surface area (Å²) in [5.74, 6) is 0.847. The second-order valence-electron chi connectivity index (χ2n) is 8.63. The highest BCUT2D eigenvalue weighted by Gasteiger charge is 2.20. The molecule has 2 heterocycles. The zero-order valence-corrected chi connectivity index (χ0v) is 19.9. The van der Waals surface area contributed by atoms with Gasteiger partial charge in [0, 0.05) is 18.5 Å². The number of amides is 1. The van der Waals surface area contributed by atoms with Crippen molar-refractivity contribution in [3.8, 4) is 17.1 Å². The molecule has 5 rings (SSSR count). The van der Waals surface area contributed by atoms with E-state index in [0.29, 0.717) is 29.4 Å². The number of furan rings is 1. The van der Waals surface area contributed by atoms with Gasteiger partial charge >= 0.3 is 0 Å². The Bertz CT molecular complexity index is 1400. The van der Waals surface area contributed by atoms with Crippen molar-refractivity contribution >= 4 is 5.91 Å². The summed E-state index contributed by atoms with van der Waals surface area (Å²) in [4.78, 5) is 13.3. The summed E-state index contributed by atoms with van der Waals surface area (Å²) in [5, 5.41) is 7.65. The SMILES string of the molecule is Cc1ccc(-c2cc(C(=O)NCCC(c3ccccc3)c3ccccc3)n(-c3ccc(F)cc3)n2)o1. The first-order valence-electron chi connectivity index (χ1n) is 11.9. The van der Waals surface area contributed by atoms with E-state index >= 15 is 0 Å². The number of rotatable bonds is 8. The predicted molar refractivity (Wildman–Crippen MR) is 138 cm³/mol. The minimum Gasteiger partial charge on any atom is -0.460 e. The van der Waals surface area contributed by atoms with Crippen LogP contribution in [0.1, 0.15) is 39.7 Å². The van der Waals surface area contributed by atoms with E-state index in [0.717, 1.165) is 12.2 Å². The number of carbonyl (C=O) groups excluding carboxylic acids is 1. The standard InChI is InChI=1S/C30H26FN3O2/c1-21-12-17-29(36-21)27-20-28(34(33-27)25-15-13-24(31)14-16-25)30(35)32-19-18-26(22-8-4-2-5-9-22)23-10-6-3-7-11-23/h2-17,20,26H,18-19H2,1H3,(H,32,35). The number of benzene rings is 3. The Balaban J connectivity index is 1.38. The summed E-state index contributed by atoms with van der Waals surface area (Å²) in [7, 11) is 0. The molecular formula is C30H26FN3O2. The van der Waals surface area contributed by atoms with Crippen LogP contribution in [0.5, 0.6) is 0 Å². The summed E-state index contributed by atoms with van der Waals surface area (Å²) in [6.07, 6.45) is 0.731. The molecule has 0 atom stereocenters. The van der Waals surface area contributed by atoms with Crippen LogP contribution in [-0.4, -0.2) is 22.2 Å². The van der Waals surface area contributed by atoms with Crippen LogP contribution >= 0.6 is 0 Å². The van der Waals surface area contributed by atoms with Crippen LogP contribution in [0, 0.1) is 12.7 Å². The second kappa shape index (κ2) is 10.4. The first-order chi connectivity index (χ1) is 17.6. The molecule has 5 aromatic rings. The van der Waals surface area contributed by atoms with Gasteiger partial charge < -0.3 is 9.73 Å². The smallest absolute Gasteiger partial charge is 0.270 e. The molecule has 0 fully saturated rings. The van der Waals surface area contributed by atoms with Gasteiger partial charge in [0.2, 0.25) is 0 Å². The van der Waals surface area contributed by atoms with Gasteiger partial charge in [0.25, 0.3) is 5.91 Å². The minimum absolute atomic E-state index is 0.149. The molecule has 5 nitrogen and oxygen atoms in total. The van der Waals surface area contributed by atoms with E-state index in [1.165, 1.54) is 27.9 Å².